The summed E-state index contributed by atoms with van der Waals surface area (Å²) in [5.41, 5.74) is 7.72. The molecule has 0 bridgehead atoms. The van der Waals surface area contributed by atoms with Crippen molar-refractivity contribution in [1.82, 2.24) is 19.9 Å². The number of hydrogen-bond acceptors (Lipinski definition) is 8. The standard InChI is InChI=1S/C15H14N8/c1-17-13-11(10-6-3-2-4-7-10)12(16)20-15(21-13)23-22-14-18-8-5-9-19-14/h2-9H,1H3,(H3,16,17,20,21). The summed E-state index contributed by atoms with van der Waals surface area (Å²) in [6.45, 7) is 0. The predicted molar refractivity (Wildman–Crippen MR) is 87.6 cm³/mol. The Bertz CT molecular complexity index is 818. The van der Waals surface area contributed by atoms with E-state index in [-0.39, 0.29) is 11.9 Å². The van der Waals surface area contributed by atoms with Gasteiger partial charge in [0.25, 0.3) is 11.9 Å². The van der Waals surface area contributed by atoms with E-state index in [1.807, 2.05) is 30.3 Å². The van der Waals surface area contributed by atoms with Gasteiger partial charge >= 0.3 is 0 Å². The molecule has 114 valence electrons. The van der Waals surface area contributed by atoms with Crippen molar-refractivity contribution in [3.05, 3.63) is 48.8 Å². The molecule has 3 rings (SSSR count). The van der Waals surface area contributed by atoms with Crippen molar-refractivity contribution < 1.29 is 0 Å². The maximum absolute atomic E-state index is 6.07. The summed E-state index contributed by atoms with van der Waals surface area (Å²) in [5.74, 6) is 1.26. The van der Waals surface area contributed by atoms with Gasteiger partial charge in [0.2, 0.25) is 0 Å². The topological polar surface area (TPSA) is 114 Å². The Labute approximate surface area is 132 Å². The highest BCUT2D eigenvalue weighted by Crippen LogP contribution is 2.32. The highest BCUT2D eigenvalue weighted by molar-refractivity contribution is 5.84. The van der Waals surface area contributed by atoms with Crippen LogP contribution in [0.3, 0.4) is 0 Å². The number of aromatic nitrogens is 4. The van der Waals surface area contributed by atoms with Crippen LogP contribution in [-0.4, -0.2) is 27.0 Å². The first kappa shape index (κ1) is 14.5. The lowest BCUT2D eigenvalue weighted by Crippen LogP contribution is -2.02. The van der Waals surface area contributed by atoms with Crippen LogP contribution in [0.5, 0.6) is 0 Å². The minimum absolute atomic E-state index is 0.138. The lowest BCUT2D eigenvalue weighted by molar-refractivity contribution is 1.02. The summed E-state index contributed by atoms with van der Waals surface area (Å²) in [6, 6.07) is 11.4. The maximum Gasteiger partial charge on any atom is 0.272 e. The molecule has 0 unspecified atom stereocenters. The molecule has 8 nitrogen and oxygen atoms in total. The monoisotopic (exact) mass is 306 g/mol. The zero-order valence-electron chi connectivity index (χ0n) is 12.4. The molecule has 3 aromatic rings. The summed E-state index contributed by atoms with van der Waals surface area (Å²) in [6.07, 6.45) is 3.15. The molecule has 0 aliphatic carbocycles. The van der Waals surface area contributed by atoms with Crippen LogP contribution < -0.4 is 11.1 Å². The molecular formula is C15H14N8. The lowest BCUT2D eigenvalue weighted by atomic mass is 10.1. The Hall–Kier alpha value is -3.42. The van der Waals surface area contributed by atoms with Crippen LogP contribution in [0.4, 0.5) is 23.5 Å². The third-order valence-electron chi connectivity index (χ3n) is 3.01. The molecule has 2 aromatic heterocycles. The van der Waals surface area contributed by atoms with Crippen LogP contribution in [0.1, 0.15) is 0 Å². The minimum Gasteiger partial charge on any atom is -0.383 e. The Morgan fingerprint density at radius 3 is 2.30 bits per heavy atom. The molecule has 3 N–H and O–H groups in total. The lowest BCUT2D eigenvalue weighted by Gasteiger charge is -2.10. The number of azo groups is 1. The van der Waals surface area contributed by atoms with Gasteiger partial charge in [0, 0.05) is 19.4 Å². The number of nitrogens with two attached hydrogens (primary N) is 1. The summed E-state index contributed by atoms with van der Waals surface area (Å²) in [7, 11) is 1.76. The van der Waals surface area contributed by atoms with E-state index in [1.54, 1.807) is 25.5 Å². The van der Waals surface area contributed by atoms with Gasteiger partial charge in [-0.3, -0.25) is 0 Å². The average molecular weight is 306 g/mol. The van der Waals surface area contributed by atoms with E-state index in [2.05, 4.69) is 35.5 Å². The summed E-state index contributed by atoms with van der Waals surface area (Å²) in [4.78, 5) is 16.4. The van der Waals surface area contributed by atoms with Gasteiger partial charge in [0.05, 0.1) is 5.56 Å². The predicted octanol–water partition coefficient (Wildman–Crippen LogP) is 2.97. The van der Waals surface area contributed by atoms with E-state index in [9.17, 15) is 0 Å². The molecule has 2 heterocycles. The Morgan fingerprint density at radius 2 is 1.61 bits per heavy atom. The molecule has 23 heavy (non-hydrogen) atoms. The van der Waals surface area contributed by atoms with Crippen LogP contribution in [0.25, 0.3) is 11.1 Å². The summed E-state index contributed by atoms with van der Waals surface area (Å²) in [5, 5.41) is 10.8. The molecule has 0 aliphatic heterocycles. The number of anilines is 2. The molecule has 0 radical (unpaired) electrons. The first-order chi connectivity index (χ1) is 11.3. The van der Waals surface area contributed by atoms with Crippen molar-refractivity contribution in [1.29, 1.82) is 0 Å². The number of benzene rings is 1. The van der Waals surface area contributed by atoms with E-state index in [1.165, 1.54) is 0 Å². The van der Waals surface area contributed by atoms with Gasteiger partial charge in [-0.15, -0.1) is 10.2 Å². The molecule has 0 atom stereocenters. The maximum atomic E-state index is 6.07. The average Bonchev–Trinajstić information content (AvgIpc) is 2.61. The van der Waals surface area contributed by atoms with E-state index in [4.69, 9.17) is 5.73 Å². The van der Waals surface area contributed by atoms with Gasteiger partial charge in [-0.05, 0) is 11.6 Å². The van der Waals surface area contributed by atoms with E-state index in [0.29, 0.717) is 11.6 Å². The van der Waals surface area contributed by atoms with Gasteiger partial charge in [-0.2, -0.15) is 9.97 Å². The van der Waals surface area contributed by atoms with Crippen LogP contribution in [-0.2, 0) is 0 Å². The van der Waals surface area contributed by atoms with Crippen molar-refractivity contribution in [2.75, 3.05) is 18.1 Å². The van der Waals surface area contributed by atoms with E-state index >= 15 is 0 Å². The molecule has 0 aliphatic rings. The smallest absolute Gasteiger partial charge is 0.272 e. The Morgan fingerprint density at radius 1 is 0.913 bits per heavy atom. The second kappa shape index (κ2) is 6.56. The van der Waals surface area contributed by atoms with Gasteiger partial charge in [-0.1, -0.05) is 30.3 Å². The normalized spacial score (nSPS) is 10.8. The molecule has 0 spiro atoms. The summed E-state index contributed by atoms with van der Waals surface area (Å²) < 4.78 is 0. The molecule has 1 aromatic carbocycles. The van der Waals surface area contributed by atoms with Crippen LogP contribution in [0, 0.1) is 0 Å². The highest BCUT2D eigenvalue weighted by Gasteiger charge is 2.13. The van der Waals surface area contributed by atoms with Gasteiger partial charge in [-0.25, -0.2) is 9.97 Å². The third-order valence-corrected chi connectivity index (χ3v) is 3.01. The first-order valence-electron chi connectivity index (χ1n) is 6.87. The SMILES string of the molecule is CNc1nc(N=Nc2ncccn2)nc(N)c1-c1ccccc1. The number of nitrogens with zero attached hydrogens (tertiary/aromatic N) is 6. The van der Waals surface area contributed by atoms with Gasteiger partial charge in [0.15, 0.2) is 0 Å². The Kier molecular flexibility index (Phi) is 4.14. The molecule has 8 heteroatoms. The van der Waals surface area contributed by atoms with Gasteiger partial charge < -0.3 is 11.1 Å². The zero-order valence-corrected chi connectivity index (χ0v) is 12.4. The van der Waals surface area contributed by atoms with Crippen molar-refractivity contribution in [2.45, 2.75) is 0 Å². The molecule has 0 amide bonds. The van der Waals surface area contributed by atoms with Crippen LogP contribution in [0.15, 0.2) is 59.0 Å². The number of rotatable bonds is 4. The number of hydrogen-bond donors (Lipinski definition) is 2. The molecule has 0 saturated heterocycles. The second-order valence-electron chi connectivity index (χ2n) is 4.50. The van der Waals surface area contributed by atoms with Crippen molar-refractivity contribution in [3.63, 3.8) is 0 Å². The molecule has 0 saturated carbocycles. The van der Waals surface area contributed by atoms with Crippen LogP contribution >= 0.6 is 0 Å². The van der Waals surface area contributed by atoms with Gasteiger partial charge in [0.1, 0.15) is 11.6 Å². The third kappa shape index (κ3) is 3.26. The Balaban J connectivity index is 1.99. The van der Waals surface area contributed by atoms with Crippen molar-refractivity contribution in [2.24, 2.45) is 10.2 Å². The number of nitrogen functional groups attached to an aromatic ring is 1. The fraction of sp³-hybridized carbons (Fsp3) is 0.0667. The van der Waals surface area contributed by atoms with Crippen LogP contribution in [0.2, 0.25) is 0 Å². The van der Waals surface area contributed by atoms with Crippen molar-refractivity contribution >= 4 is 23.5 Å². The zero-order chi connectivity index (χ0) is 16.1. The van der Waals surface area contributed by atoms with Crippen molar-refractivity contribution in [3.8, 4) is 11.1 Å². The minimum atomic E-state index is 0.138. The number of nitrogens with one attached hydrogen (secondary N) is 1. The quantitative estimate of drug-likeness (QED) is 0.716. The largest absolute Gasteiger partial charge is 0.383 e. The second-order valence-corrected chi connectivity index (χ2v) is 4.50. The van der Waals surface area contributed by atoms with E-state index in [0.717, 1.165) is 11.1 Å². The molecule has 0 fully saturated rings. The van der Waals surface area contributed by atoms with E-state index < -0.39 is 0 Å². The summed E-state index contributed by atoms with van der Waals surface area (Å²) >= 11 is 0. The fourth-order valence-electron chi connectivity index (χ4n) is 2.01. The highest BCUT2D eigenvalue weighted by atomic mass is 15.3. The fourth-order valence-corrected chi connectivity index (χ4v) is 2.01. The molecular weight excluding hydrogens is 292 g/mol. The first-order valence-corrected chi connectivity index (χ1v) is 6.87.